The molecule has 0 atom stereocenters. The summed E-state index contributed by atoms with van der Waals surface area (Å²) in [5, 5.41) is 0. The number of hydrogen-bond acceptors (Lipinski definition) is 4. The van der Waals surface area contributed by atoms with Gasteiger partial charge in [0.25, 0.3) is 5.91 Å². The zero-order valence-electron chi connectivity index (χ0n) is 16.9. The highest BCUT2D eigenvalue weighted by molar-refractivity contribution is 6.07. The van der Waals surface area contributed by atoms with Crippen molar-refractivity contribution in [1.82, 2.24) is 19.6 Å². The maximum atomic E-state index is 13.3. The van der Waals surface area contributed by atoms with Crippen molar-refractivity contribution in [3.8, 4) is 0 Å². The lowest BCUT2D eigenvalue weighted by Gasteiger charge is -2.43. The molecule has 25 heavy (non-hydrogen) atoms. The van der Waals surface area contributed by atoms with Gasteiger partial charge < -0.3 is 14.7 Å². The Morgan fingerprint density at radius 3 is 2.12 bits per heavy atom. The summed E-state index contributed by atoms with van der Waals surface area (Å²) in [6.45, 7) is 12.4. The van der Waals surface area contributed by atoms with Gasteiger partial charge in [0.1, 0.15) is 5.54 Å². The van der Waals surface area contributed by atoms with Gasteiger partial charge in [0.2, 0.25) is 0 Å². The number of hydrogen-bond donors (Lipinski definition) is 0. The van der Waals surface area contributed by atoms with Gasteiger partial charge in [-0.05, 0) is 53.1 Å². The van der Waals surface area contributed by atoms with E-state index in [0.717, 1.165) is 32.4 Å². The Labute approximate surface area is 153 Å². The molecule has 2 fully saturated rings. The van der Waals surface area contributed by atoms with Gasteiger partial charge in [-0.25, -0.2) is 4.79 Å². The summed E-state index contributed by atoms with van der Waals surface area (Å²) in [6, 6.07) is 0.406. The zero-order chi connectivity index (χ0) is 18.8. The number of likely N-dealkylation sites (tertiary alicyclic amines) is 1. The molecule has 0 radical (unpaired) electrons. The van der Waals surface area contributed by atoms with Crippen molar-refractivity contribution in [2.45, 2.75) is 58.5 Å². The van der Waals surface area contributed by atoms with Crippen molar-refractivity contribution in [1.29, 1.82) is 0 Å². The first-order chi connectivity index (χ1) is 11.7. The fourth-order valence-corrected chi connectivity index (χ4v) is 3.87. The number of rotatable bonds is 7. The van der Waals surface area contributed by atoms with E-state index in [0.29, 0.717) is 31.6 Å². The lowest BCUT2D eigenvalue weighted by atomic mass is 9.85. The number of imide groups is 1. The van der Waals surface area contributed by atoms with Crippen molar-refractivity contribution >= 4 is 11.9 Å². The van der Waals surface area contributed by atoms with Gasteiger partial charge in [0.05, 0.1) is 0 Å². The van der Waals surface area contributed by atoms with E-state index in [9.17, 15) is 9.59 Å². The smallest absolute Gasteiger partial charge is 0.309 e. The van der Waals surface area contributed by atoms with E-state index in [1.807, 2.05) is 23.9 Å². The van der Waals surface area contributed by atoms with Crippen LogP contribution in [0.15, 0.2) is 0 Å². The van der Waals surface area contributed by atoms with Gasteiger partial charge in [-0.1, -0.05) is 13.8 Å². The molecule has 1 spiro atoms. The van der Waals surface area contributed by atoms with Gasteiger partial charge in [0, 0.05) is 38.8 Å². The molecule has 2 aliphatic rings. The fraction of sp³-hybridized carbons (Fsp3) is 0.895. The van der Waals surface area contributed by atoms with E-state index in [2.05, 4.69) is 32.6 Å². The van der Waals surface area contributed by atoms with Crippen LogP contribution in [0.1, 0.15) is 47.0 Å². The van der Waals surface area contributed by atoms with E-state index in [1.165, 1.54) is 4.90 Å². The van der Waals surface area contributed by atoms with E-state index in [4.69, 9.17) is 0 Å². The van der Waals surface area contributed by atoms with Crippen LogP contribution in [0.4, 0.5) is 4.79 Å². The average molecular weight is 353 g/mol. The summed E-state index contributed by atoms with van der Waals surface area (Å²) < 4.78 is 0. The van der Waals surface area contributed by atoms with Crippen molar-refractivity contribution in [3.05, 3.63) is 0 Å². The Bertz CT molecular complexity index is 482. The molecule has 0 aromatic carbocycles. The van der Waals surface area contributed by atoms with Crippen LogP contribution in [0.3, 0.4) is 0 Å². The lowest BCUT2D eigenvalue weighted by Crippen LogP contribution is -2.57. The van der Waals surface area contributed by atoms with Crippen molar-refractivity contribution < 1.29 is 9.59 Å². The Balaban J connectivity index is 2.20. The first kappa shape index (κ1) is 20.2. The van der Waals surface area contributed by atoms with Crippen molar-refractivity contribution in [2.24, 2.45) is 5.92 Å². The summed E-state index contributed by atoms with van der Waals surface area (Å²) in [4.78, 5) is 34.1. The third-order valence-electron chi connectivity index (χ3n) is 5.68. The third-order valence-corrected chi connectivity index (χ3v) is 5.68. The molecule has 0 aromatic rings. The van der Waals surface area contributed by atoms with Gasteiger partial charge in [0.15, 0.2) is 0 Å². The second-order valence-electron chi connectivity index (χ2n) is 8.54. The maximum Gasteiger partial charge on any atom is 0.327 e. The minimum atomic E-state index is -0.607. The topological polar surface area (TPSA) is 47.1 Å². The lowest BCUT2D eigenvalue weighted by molar-refractivity contribution is -0.136. The molecule has 0 aromatic heterocycles. The van der Waals surface area contributed by atoms with Crippen LogP contribution in [-0.2, 0) is 4.79 Å². The molecular formula is C19H36N4O2. The van der Waals surface area contributed by atoms with Gasteiger partial charge in [-0.2, -0.15) is 0 Å². The number of nitrogens with zero attached hydrogens (tertiary/aromatic N) is 4. The highest BCUT2D eigenvalue weighted by atomic mass is 16.2. The molecule has 2 saturated heterocycles. The summed E-state index contributed by atoms with van der Waals surface area (Å²) in [7, 11) is 3.94. The first-order valence-corrected chi connectivity index (χ1v) is 9.71. The monoisotopic (exact) mass is 352 g/mol. The van der Waals surface area contributed by atoms with E-state index >= 15 is 0 Å². The largest absolute Gasteiger partial charge is 0.327 e. The predicted octanol–water partition coefficient (Wildman–Crippen LogP) is 2.10. The summed E-state index contributed by atoms with van der Waals surface area (Å²) in [6.07, 6.45) is 2.45. The predicted molar refractivity (Wildman–Crippen MR) is 100 cm³/mol. The second kappa shape index (κ2) is 8.04. The number of likely N-dealkylation sites (N-methyl/N-ethyl adjacent to an activating group) is 1. The van der Waals surface area contributed by atoms with Crippen LogP contribution in [0.2, 0.25) is 0 Å². The summed E-state index contributed by atoms with van der Waals surface area (Å²) in [5.41, 5.74) is -0.607. The molecule has 0 bridgehead atoms. The van der Waals surface area contributed by atoms with Gasteiger partial charge in [-0.15, -0.1) is 0 Å². The highest BCUT2D eigenvalue weighted by Crippen LogP contribution is 2.38. The third kappa shape index (κ3) is 4.17. The van der Waals surface area contributed by atoms with Crippen LogP contribution in [0.5, 0.6) is 0 Å². The number of piperidine rings is 1. The Hall–Kier alpha value is -1.14. The molecule has 0 unspecified atom stereocenters. The van der Waals surface area contributed by atoms with Crippen LogP contribution in [0, 0.1) is 5.92 Å². The number of amides is 3. The molecule has 2 aliphatic heterocycles. The molecule has 0 N–H and O–H groups in total. The van der Waals surface area contributed by atoms with Crippen LogP contribution >= 0.6 is 0 Å². The van der Waals surface area contributed by atoms with Gasteiger partial charge in [-0.3, -0.25) is 9.69 Å². The number of urea groups is 1. The zero-order valence-corrected chi connectivity index (χ0v) is 16.9. The molecule has 3 amide bonds. The molecular weight excluding hydrogens is 316 g/mol. The SMILES string of the molecule is CC(C)CCN1C(=O)N(CCN(C)C)C(=O)C12CCN(C(C)C)CC2. The molecule has 6 heteroatoms. The Kier molecular flexibility index (Phi) is 6.49. The maximum absolute atomic E-state index is 13.3. The summed E-state index contributed by atoms with van der Waals surface area (Å²) >= 11 is 0. The Morgan fingerprint density at radius 1 is 1.04 bits per heavy atom. The van der Waals surface area contributed by atoms with E-state index in [1.54, 1.807) is 0 Å². The molecule has 144 valence electrons. The number of carbonyl (C=O) groups is 2. The quantitative estimate of drug-likeness (QED) is 0.659. The van der Waals surface area contributed by atoms with Crippen molar-refractivity contribution in [3.63, 3.8) is 0 Å². The van der Waals surface area contributed by atoms with Crippen LogP contribution < -0.4 is 0 Å². The van der Waals surface area contributed by atoms with Crippen LogP contribution in [0.25, 0.3) is 0 Å². The van der Waals surface area contributed by atoms with Gasteiger partial charge >= 0.3 is 6.03 Å². The van der Waals surface area contributed by atoms with E-state index < -0.39 is 5.54 Å². The summed E-state index contributed by atoms with van der Waals surface area (Å²) in [5.74, 6) is 0.554. The molecule has 0 saturated carbocycles. The van der Waals surface area contributed by atoms with Crippen LogP contribution in [-0.4, -0.2) is 89.9 Å². The first-order valence-electron chi connectivity index (χ1n) is 9.71. The standard InChI is InChI=1S/C19H36N4O2/c1-15(2)7-10-23-18(25)22(14-13-20(5)6)17(24)19(23)8-11-21(12-9-19)16(3)4/h15-16H,7-14H2,1-6H3. The fourth-order valence-electron chi connectivity index (χ4n) is 3.87. The molecule has 6 nitrogen and oxygen atoms in total. The second-order valence-corrected chi connectivity index (χ2v) is 8.54. The average Bonchev–Trinajstić information content (AvgIpc) is 2.72. The normalized spacial score (nSPS) is 21.6. The Morgan fingerprint density at radius 2 is 1.64 bits per heavy atom. The molecule has 0 aliphatic carbocycles. The number of carbonyl (C=O) groups excluding carboxylic acids is 2. The molecule has 2 rings (SSSR count). The van der Waals surface area contributed by atoms with E-state index in [-0.39, 0.29) is 11.9 Å². The highest BCUT2D eigenvalue weighted by Gasteiger charge is 2.57. The minimum Gasteiger partial charge on any atom is -0.309 e. The molecule has 2 heterocycles. The van der Waals surface area contributed by atoms with Crippen molar-refractivity contribution in [2.75, 3.05) is 46.8 Å². The minimum absolute atomic E-state index is 0.0338.